The van der Waals surface area contributed by atoms with Crippen LogP contribution >= 0.6 is 0 Å². The van der Waals surface area contributed by atoms with Crippen LogP contribution < -0.4 is 14.8 Å². The molecule has 1 aliphatic heterocycles. The lowest BCUT2D eigenvalue weighted by molar-refractivity contribution is -0.121. The minimum Gasteiger partial charge on any atom is -0.497 e. The Morgan fingerprint density at radius 1 is 1.27 bits per heavy atom. The third kappa shape index (κ3) is 4.35. The van der Waals surface area contributed by atoms with Crippen LogP contribution in [0.2, 0.25) is 0 Å². The summed E-state index contributed by atoms with van der Waals surface area (Å²) in [6.07, 6.45) is 0.926. The van der Waals surface area contributed by atoms with Gasteiger partial charge in [0.2, 0.25) is 5.91 Å². The highest BCUT2D eigenvalue weighted by atomic mass is 16.5. The van der Waals surface area contributed by atoms with Gasteiger partial charge in [0.1, 0.15) is 17.3 Å². The van der Waals surface area contributed by atoms with Crippen molar-refractivity contribution in [1.29, 1.82) is 0 Å². The summed E-state index contributed by atoms with van der Waals surface area (Å²) in [6, 6.07) is 7.31. The fourth-order valence-corrected chi connectivity index (χ4v) is 3.16. The van der Waals surface area contributed by atoms with Gasteiger partial charge in [-0.2, -0.15) is 0 Å². The zero-order valence-electron chi connectivity index (χ0n) is 15.3. The molecule has 0 spiro atoms. The molecule has 0 bridgehead atoms. The standard InChI is InChI=1S/C19H24N2O5/c1-12-6-16(26-21-12)7-14-10-25-11-17(14)20-19(22)8-13-4-5-15(23-2)9-18(13)24-3/h4-6,9,14,17H,7-8,10-11H2,1-3H3,(H,20,22)/t14-,17+/m1/s1. The van der Waals surface area contributed by atoms with E-state index in [1.165, 1.54) is 0 Å². The first kappa shape index (κ1) is 18.3. The molecule has 0 radical (unpaired) electrons. The van der Waals surface area contributed by atoms with Gasteiger partial charge in [-0.15, -0.1) is 0 Å². The Hall–Kier alpha value is -2.54. The number of nitrogens with one attached hydrogen (secondary N) is 1. The molecule has 0 aliphatic carbocycles. The first-order valence-electron chi connectivity index (χ1n) is 8.59. The number of aromatic nitrogens is 1. The molecule has 26 heavy (non-hydrogen) atoms. The average molecular weight is 360 g/mol. The van der Waals surface area contributed by atoms with E-state index in [9.17, 15) is 4.79 Å². The van der Waals surface area contributed by atoms with Gasteiger partial charge in [0, 0.05) is 30.0 Å². The van der Waals surface area contributed by atoms with Gasteiger partial charge in [-0.05, 0) is 13.0 Å². The van der Waals surface area contributed by atoms with Crippen molar-refractivity contribution in [2.75, 3.05) is 27.4 Å². The second kappa shape index (κ2) is 8.23. The van der Waals surface area contributed by atoms with Crippen molar-refractivity contribution in [3.63, 3.8) is 0 Å². The lowest BCUT2D eigenvalue weighted by atomic mass is 9.97. The second-order valence-corrected chi connectivity index (χ2v) is 6.46. The normalized spacial score (nSPS) is 19.3. The summed E-state index contributed by atoms with van der Waals surface area (Å²) in [5.74, 6) is 2.24. The number of hydrogen-bond acceptors (Lipinski definition) is 6. The van der Waals surface area contributed by atoms with Crippen molar-refractivity contribution in [3.05, 3.63) is 41.3 Å². The van der Waals surface area contributed by atoms with Gasteiger partial charge >= 0.3 is 0 Å². The van der Waals surface area contributed by atoms with E-state index in [2.05, 4.69) is 10.5 Å². The summed E-state index contributed by atoms with van der Waals surface area (Å²) in [6.45, 7) is 2.99. The van der Waals surface area contributed by atoms with E-state index in [1.54, 1.807) is 20.3 Å². The van der Waals surface area contributed by atoms with Gasteiger partial charge in [-0.3, -0.25) is 4.79 Å². The summed E-state index contributed by atoms with van der Waals surface area (Å²) in [5, 5.41) is 6.98. The highest BCUT2D eigenvalue weighted by molar-refractivity contribution is 5.79. The number of benzene rings is 1. The van der Waals surface area contributed by atoms with Crippen molar-refractivity contribution in [1.82, 2.24) is 10.5 Å². The summed E-state index contributed by atoms with van der Waals surface area (Å²) >= 11 is 0. The molecule has 1 aromatic carbocycles. The molecule has 140 valence electrons. The van der Waals surface area contributed by atoms with Crippen LogP contribution in [-0.2, 0) is 22.4 Å². The molecule has 2 heterocycles. The summed E-state index contributed by atoms with van der Waals surface area (Å²) < 4.78 is 21.4. The minimum atomic E-state index is -0.0669. The number of methoxy groups -OCH3 is 2. The number of carbonyl (C=O) groups excluding carboxylic acids is 1. The van der Waals surface area contributed by atoms with E-state index in [0.717, 1.165) is 17.0 Å². The fraction of sp³-hybridized carbons (Fsp3) is 0.474. The van der Waals surface area contributed by atoms with Crippen LogP contribution in [0.1, 0.15) is 17.0 Å². The maximum atomic E-state index is 12.5. The molecule has 1 saturated heterocycles. The lowest BCUT2D eigenvalue weighted by Gasteiger charge is -2.18. The zero-order valence-corrected chi connectivity index (χ0v) is 15.3. The Morgan fingerprint density at radius 2 is 2.12 bits per heavy atom. The summed E-state index contributed by atoms with van der Waals surface area (Å²) in [4.78, 5) is 12.5. The number of ether oxygens (including phenoxy) is 3. The van der Waals surface area contributed by atoms with Crippen LogP contribution in [0.3, 0.4) is 0 Å². The number of rotatable bonds is 7. The van der Waals surface area contributed by atoms with E-state index >= 15 is 0 Å². The van der Waals surface area contributed by atoms with E-state index < -0.39 is 0 Å². The molecule has 1 N–H and O–H groups in total. The highest BCUT2D eigenvalue weighted by Gasteiger charge is 2.30. The lowest BCUT2D eigenvalue weighted by Crippen LogP contribution is -2.41. The van der Waals surface area contributed by atoms with E-state index in [0.29, 0.717) is 31.1 Å². The first-order valence-corrected chi connectivity index (χ1v) is 8.59. The highest BCUT2D eigenvalue weighted by Crippen LogP contribution is 2.25. The van der Waals surface area contributed by atoms with Crippen molar-refractivity contribution in [2.45, 2.75) is 25.8 Å². The monoisotopic (exact) mass is 360 g/mol. The Morgan fingerprint density at radius 3 is 2.81 bits per heavy atom. The Kier molecular flexibility index (Phi) is 5.78. The quantitative estimate of drug-likeness (QED) is 0.812. The molecule has 7 heteroatoms. The SMILES string of the molecule is COc1ccc(CC(=O)N[C@H]2COC[C@H]2Cc2cc(C)no2)c(OC)c1. The average Bonchev–Trinajstić information content (AvgIpc) is 3.24. The maximum Gasteiger partial charge on any atom is 0.224 e. The maximum absolute atomic E-state index is 12.5. The molecule has 1 aromatic heterocycles. The first-order chi connectivity index (χ1) is 12.6. The Bertz CT molecular complexity index is 758. The predicted octanol–water partition coefficient (Wildman–Crippen LogP) is 1.92. The zero-order chi connectivity index (χ0) is 18.5. The number of hydrogen-bond donors (Lipinski definition) is 1. The fourth-order valence-electron chi connectivity index (χ4n) is 3.16. The third-order valence-electron chi connectivity index (χ3n) is 4.53. The molecule has 2 aromatic rings. The van der Waals surface area contributed by atoms with Crippen LogP contribution in [0, 0.1) is 12.8 Å². The van der Waals surface area contributed by atoms with Crippen LogP contribution in [0.25, 0.3) is 0 Å². The molecule has 1 fully saturated rings. The van der Waals surface area contributed by atoms with E-state index in [4.69, 9.17) is 18.7 Å². The molecule has 2 atom stereocenters. The van der Waals surface area contributed by atoms with Crippen molar-refractivity contribution in [3.8, 4) is 11.5 Å². The van der Waals surface area contributed by atoms with Crippen molar-refractivity contribution >= 4 is 5.91 Å². The van der Waals surface area contributed by atoms with Gasteiger partial charge in [0.05, 0.1) is 45.6 Å². The number of amides is 1. The number of carbonyl (C=O) groups is 1. The van der Waals surface area contributed by atoms with Crippen LogP contribution in [0.4, 0.5) is 0 Å². The van der Waals surface area contributed by atoms with Crippen LogP contribution in [0.15, 0.2) is 28.8 Å². The van der Waals surface area contributed by atoms with E-state index in [-0.39, 0.29) is 24.3 Å². The Balaban J connectivity index is 1.60. The smallest absolute Gasteiger partial charge is 0.224 e. The molecule has 7 nitrogen and oxygen atoms in total. The molecule has 0 saturated carbocycles. The number of nitrogens with zero attached hydrogens (tertiary/aromatic N) is 1. The van der Waals surface area contributed by atoms with Gasteiger partial charge in [-0.1, -0.05) is 11.2 Å². The van der Waals surface area contributed by atoms with Gasteiger partial charge in [0.15, 0.2) is 0 Å². The molecule has 0 unspecified atom stereocenters. The number of aryl methyl sites for hydroxylation is 1. The minimum absolute atomic E-state index is 0.0443. The van der Waals surface area contributed by atoms with Gasteiger partial charge in [0.25, 0.3) is 0 Å². The van der Waals surface area contributed by atoms with Gasteiger partial charge in [-0.25, -0.2) is 0 Å². The third-order valence-corrected chi connectivity index (χ3v) is 4.53. The largest absolute Gasteiger partial charge is 0.497 e. The summed E-state index contributed by atoms with van der Waals surface area (Å²) in [7, 11) is 3.17. The summed E-state index contributed by atoms with van der Waals surface area (Å²) in [5.41, 5.74) is 1.67. The van der Waals surface area contributed by atoms with Crippen LogP contribution in [0.5, 0.6) is 11.5 Å². The Labute approximate surface area is 152 Å². The molecule has 1 amide bonds. The second-order valence-electron chi connectivity index (χ2n) is 6.46. The van der Waals surface area contributed by atoms with Gasteiger partial charge < -0.3 is 24.1 Å². The molecular weight excluding hydrogens is 336 g/mol. The van der Waals surface area contributed by atoms with Crippen molar-refractivity contribution < 1.29 is 23.5 Å². The van der Waals surface area contributed by atoms with E-state index in [1.807, 2.05) is 25.1 Å². The molecular formula is C19H24N2O5. The predicted molar refractivity (Wildman–Crippen MR) is 94.4 cm³/mol. The van der Waals surface area contributed by atoms with Crippen molar-refractivity contribution in [2.24, 2.45) is 5.92 Å². The molecule has 1 aliphatic rings. The topological polar surface area (TPSA) is 82.8 Å². The molecule has 3 rings (SSSR count). The van der Waals surface area contributed by atoms with Crippen LogP contribution in [-0.4, -0.2) is 44.5 Å².